The van der Waals surface area contributed by atoms with Crippen molar-refractivity contribution in [2.24, 2.45) is 7.05 Å². The zero-order chi connectivity index (χ0) is 17.4. The first-order chi connectivity index (χ1) is 12.0. The maximum atomic E-state index is 12.8. The van der Waals surface area contributed by atoms with E-state index in [2.05, 4.69) is 9.82 Å². The van der Waals surface area contributed by atoms with Crippen LogP contribution in [-0.2, 0) is 29.9 Å². The van der Waals surface area contributed by atoms with Gasteiger partial charge < -0.3 is 0 Å². The Morgan fingerprint density at radius 3 is 2.60 bits per heavy atom. The number of nitrogens with zero attached hydrogens (tertiary/aromatic N) is 2. The molecule has 1 aliphatic carbocycles. The number of anilines is 1. The lowest BCUT2D eigenvalue weighted by Crippen LogP contribution is -2.13. The lowest BCUT2D eigenvalue weighted by molar-refractivity contribution is 0.601. The number of aromatic nitrogens is 2. The number of hydrogen-bond acceptors (Lipinski definition) is 3. The van der Waals surface area contributed by atoms with Crippen LogP contribution >= 0.6 is 0 Å². The van der Waals surface area contributed by atoms with Crippen molar-refractivity contribution in [1.82, 2.24) is 9.78 Å². The van der Waals surface area contributed by atoms with E-state index in [0.717, 1.165) is 36.1 Å². The van der Waals surface area contributed by atoms with Gasteiger partial charge in [-0.2, -0.15) is 5.10 Å². The predicted molar refractivity (Wildman–Crippen MR) is 97.9 cm³/mol. The van der Waals surface area contributed by atoms with E-state index in [1.54, 1.807) is 30.1 Å². The smallest absolute Gasteiger partial charge is 0.262 e. The predicted octanol–water partition coefficient (Wildman–Crippen LogP) is 3.38. The zero-order valence-corrected chi connectivity index (χ0v) is 14.8. The molecule has 0 atom stereocenters. The molecular formula is C19H19N3O2S. The van der Waals surface area contributed by atoms with Crippen molar-refractivity contribution >= 4 is 15.7 Å². The SMILES string of the molecule is Cn1ncc(NS(=O)(=O)c2ccc3c(c2)CCC3)c1-c1ccccc1. The molecule has 0 unspecified atom stereocenters. The molecule has 0 saturated heterocycles. The first-order valence-electron chi connectivity index (χ1n) is 8.27. The third-order valence-electron chi connectivity index (χ3n) is 4.61. The van der Waals surface area contributed by atoms with E-state index in [1.165, 1.54) is 5.56 Å². The van der Waals surface area contributed by atoms with Gasteiger partial charge in [0.25, 0.3) is 10.0 Å². The van der Waals surface area contributed by atoms with E-state index in [1.807, 2.05) is 36.4 Å². The van der Waals surface area contributed by atoms with E-state index in [-0.39, 0.29) is 0 Å². The van der Waals surface area contributed by atoms with Crippen LogP contribution in [0.3, 0.4) is 0 Å². The average molecular weight is 353 g/mol. The largest absolute Gasteiger partial charge is 0.276 e. The van der Waals surface area contributed by atoms with E-state index in [9.17, 15) is 8.42 Å². The van der Waals surface area contributed by atoms with E-state index < -0.39 is 10.0 Å². The third-order valence-corrected chi connectivity index (χ3v) is 5.97. The van der Waals surface area contributed by atoms with Crippen molar-refractivity contribution in [1.29, 1.82) is 0 Å². The molecule has 6 heteroatoms. The van der Waals surface area contributed by atoms with Crippen molar-refractivity contribution in [3.05, 3.63) is 65.9 Å². The molecule has 3 aromatic rings. The Balaban J connectivity index is 1.71. The summed E-state index contributed by atoms with van der Waals surface area (Å²) in [5.74, 6) is 0. The summed E-state index contributed by atoms with van der Waals surface area (Å²) >= 11 is 0. The van der Waals surface area contributed by atoms with Crippen molar-refractivity contribution in [2.75, 3.05) is 4.72 Å². The summed E-state index contributed by atoms with van der Waals surface area (Å²) in [4.78, 5) is 0.302. The Morgan fingerprint density at radius 2 is 1.80 bits per heavy atom. The van der Waals surface area contributed by atoms with Gasteiger partial charge in [-0.25, -0.2) is 8.42 Å². The first-order valence-corrected chi connectivity index (χ1v) is 9.75. The number of fused-ring (bicyclic) bond motifs is 1. The lowest BCUT2D eigenvalue weighted by Gasteiger charge is -2.11. The molecule has 1 N–H and O–H groups in total. The van der Waals surface area contributed by atoms with Crippen molar-refractivity contribution in [3.63, 3.8) is 0 Å². The minimum absolute atomic E-state index is 0.302. The molecule has 0 fully saturated rings. The van der Waals surface area contributed by atoms with Crippen LogP contribution in [0.4, 0.5) is 5.69 Å². The standard InChI is InChI=1S/C19H19N3O2S/c1-22-19(15-6-3-2-4-7-15)18(13-20-22)21-25(23,24)17-11-10-14-8-5-9-16(14)12-17/h2-4,6-7,10-13,21H,5,8-9H2,1H3. The highest BCUT2D eigenvalue weighted by Gasteiger charge is 2.21. The first kappa shape index (κ1) is 15.9. The van der Waals surface area contributed by atoms with Crippen molar-refractivity contribution in [3.8, 4) is 11.3 Å². The van der Waals surface area contributed by atoms with Crippen LogP contribution in [0, 0.1) is 0 Å². The summed E-state index contributed by atoms with van der Waals surface area (Å²) in [6.45, 7) is 0. The van der Waals surface area contributed by atoms with Gasteiger partial charge in [-0.05, 0) is 42.5 Å². The molecule has 1 aliphatic rings. The van der Waals surface area contributed by atoms with Gasteiger partial charge in [-0.15, -0.1) is 0 Å². The van der Waals surface area contributed by atoms with Crippen LogP contribution in [0.2, 0.25) is 0 Å². The maximum absolute atomic E-state index is 12.8. The highest BCUT2D eigenvalue weighted by atomic mass is 32.2. The molecule has 25 heavy (non-hydrogen) atoms. The van der Waals surface area contributed by atoms with Crippen LogP contribution in [0.5, 0.6) is 0 Å². The van der Waals surface area contributed by atoms with E-state index in [0.29, 0.717) is 10.6 Å². The molecular weight excluding hydrogens is 334 g/mol. The van der Waals surface area contributed by atoms with Crippen LogP contribution < -0.4 is 4.72 Å². The summed E-state index contributed by atoms with van der Waals surface area (Å²) in [5.41, 5.74) is 4.52. The molecule has 4 rings (SSSR count). The minimum atomic E-state index is -3.66. The second-order valence-corrected chi connectivity index (χ2v) is 7.97. The molecule has 2 aromatic carbocycles. The van der Waals surface area contributed by atoms with Gasteiger partial charge in [-0.3, -0.25) is 9.40 Å². The molecule has 0 radical (unpaired) electrons. The monoisotopic (exact) mass is 353 g/mol. The third kappa shape index (κ3) is 2.93. The molecule has 0 saturated carbocycles. The highest BCUT2D eigenvalue weighted by Crippen LogP contribution is 2.30. The fourth-order valence-corrected chi connectivity index (χ4v) is 4.47. The van der Waals surface area contributed by atoms with Crippen LogP contribution in [-0.4, -0.2) is 18.2 Å². The summed E-state index contributed by atoms with van der Waals surface area (Å²) in [6, 6.07) is 15.0. The summed E-state index contributed by atoms with van der Waals surface area (Å²) in [6.07, 6.45) is 4.62. The van der Waals surface area contributed by atoms with Crippen LogP contribution in [0.25, 0.3) is 11.3 Å². The summed E-state index contributed by atoms with van der Waals surface area (Å²) in [7, 11) is -1.85. The number of aryl methyl sites for hydroxylation is 3. The second kappa shape index (κ2) is 6.04. The molecule has 5 nitrogen and oxygen atoms in total. The quantitative estimate of drug-likeness (QED) is 0.782. The van der Waals surface area contributed by atoms with E-state index in [4.69, 9.17) is 0 Å². The lowest BCUT2D eigenvalue weighted by atomic mass is 10.1. The fraction of sp³-hybridized carbons (Fsp3) is 0.211. The average Bonchev–Trinajstić information content (AvgIpc) is 3.21. The van der Waals surface area contributed by atoms with Gasteiger partial charge in [-0.1, -0.05) is 36.4 Å². The number of rotatable bonds is 4. The number of nitrogens with one attached hydrogen (secondary N) is 1. The Labute approximate surface area is 147 Å². The van der Waals surface area contributed by atoms with Gasteiger partial charge in [0, 0.05) is 12.6 Å². The second-order valence-electron chi connectivity index (χ2n) is 6.29. The van der Waals surface area contributed by atoms with Gasteiger partial charge in [0.1, 0.15) is 0 Å². The molecule has 128 valence electrons. The zero-order valence-electron chi connectivity index (χ0n) is 13.9. The Hall–Kier alpha value is -2.60. The normalized spacial score (nSPS) is 13.6. The Bertz CT molecular complexity index is 1020. The summed E-state index contributed by atoms with van der Waals surface area (Å²) < 4.78 is 30.1. The minimum Gasteiger partial charge on any atom is -0.276 e. The van der Waals surface area contributed by atoms with Crippen molar-refractivity contribution < 1.29 is 8.42 Å². The molecule has 0 aliphatic heterocycles. The molecule has 1 heterocycles. The van der Waals surface area contributed by atoms with Gasteiger partial charge in [0.2, 0.25) is 0 Å². The van der Waals surface area contributed by atoms with Crippen LogP contribution in [0.1, 0.15) is 17.5 Å². The van der Waals surface area contributed by atoms with Crippen LogP contribution in [0.15, 0.2) is 59.6 Å². The maximum Gasteiger partial charge on any atom is 0.262 e. The van der Waals surface area contributed by atoms with Gasteiger partial charge in [0.05, 0.1) is 22.5 Å². The van der Waals surface area contributed by atoms with Gasteiger partial charge in [0.15, 0.2) is 0 Å². The molecule has 0 amide bonds. The Morgan fingerprint density at radius 1 is 1.04 bits per heavy atom. The van der Waals surface area contributed by atoms with E-state index >= 15 is 0 Å². The highest BCUT2D eigenvalue weighted by molar-refractivity contribution is 7.92. The summed E-state index contributed by atoms with van der Waals surface area (Å²) in [5, 5.41) is 4.22. The number of hydrogen-bond donors (Lipinski definition) is 1. The topological polar surface area (TPSA) is 64.0 Å². The Kier molecular flexibility index (Phi) is 3.84. The molecule has 1 aromatic heterocycles. The van der Waals surface area contributed by atoms with Gasteiger partial charge >= 0.3 is 0 Å². The number of sulfonamides is 1. The molecule has 0 bridgehead atoms. The number of benzene rings is 2. The molecule has 0 spiro atoms. The fourth-order valence-electron chi connectivity index (χ4n) is 3.37. The van der Waals surface area contributed by atoms with Crippen molar-refractivity contribution in [2.45, 2.75) is 24.2 Å².